The summed E-state index contributed by atoms with van der Waals surface area (Å²) >= 11 is 0. The Morgan fingerprint density at radius 1 is 1.00 bits per heavy atom. The molecule has 2 aromatic rings. The van der Waals surface area contributed by atoms with Gasteiger partial charge in [0.1, 0.15) is 5.82 Å². The maximum absolute atomic E-state index is 12.9. The Kier molecular flexibility index (Phi) is 2.33. The van der Waals surface area contributed by atoms with Crippen LogP contribution in [0.1, 0.15) is 0 Å². The summed E-state index contributed by atoms with van der Waals surface area (Å²) in [6.45, 7) is 0. The minimum absolute atomic E-state index is 0.358. The first-order valence-corrected chi connectivity index (χ1v) is 4.31. The maximum atomic E-state index is 12.9. The van der Waals surface area contributed by atoms with E-state index in [1.54, 1.807) is 0 Å². The van der Waals surface area contributed by atoms with Gasteiger partial charge in [0.25, 0.3) is 5.56 Å². The fraction of sp³-hybridized carbons (Fsp3) is 0. The summed E-state index contributed by atoms with van der Waals surface area (Å²) in [5.74, 6) is -1.21. The first-order chi connectivity index (χ1) is 7.16. The number of aromatic nitrogens is 1. The van der Waals surface area contributed by atoms with Crippen molar-refractivity contribution in [3.63, 3.8) is 0 Å². The van der Waals surface area contributed by atoms with Crippen molar-refractivity contribution < 1.29 is 8.78 Å². The van der Waals surface area contributed by atoms with Crippen LogP contribution in [-0.2, 0) is 0 Å². The van der Waals surface area contributed by atoms with Gasteiger partial charge in [-0.3, -0.25) is 4.79 Å². The molecule has 0 amide bonds. The molecule has 0 fully saturated rings. The third-order valence-electron chi connectivity index (χ3n) is 2.04. The number of rotatable bonds is 1. The quantitative estimate of drug-likeness (QED) is 0.764. The minimum Gasteiger partial charge on any atom is -0.326 e. The Bertz CT molecular complexity index is 531. The smallest absolute Gasteiger partial charge is 0.283 e. The van der Waals surface area contributed by atoms with Crippen LogP contribution in [0.3, 0.4) is 0 Å². The number of hydrogen-bond acceptors (Lipinski definition) is 1. The molecule has 0 saturated heterocycles. The molecular formula is C11H7F2NO. The predicted octanol–water partition coefficient (Wildman–Crippen LogP) is 2.32. The lowest BCUT2D eigenvalue weighted by Crippen LogP contribution is -2.09. The monoisotopic (exact) mass is 207 g/mol. The standard InChI is InChI=1S/C11H7F2NO/c12-9-3-1-7(2-4-9)8-5-10(13)11(15)14-6-8/h1-6H,(H,14,15). The number of nitrogens with one attached hydrogen (secondary N) is 1. The number of hydrogen-bond donors (Lipinski definition) is 1. The van der Waals surface area contributed by atoms with Gasteiger partial charge in [0, 0.05) is 11.8 Å². The molecule has 0 aliphatic carbocycles. The van der Waals surface area contributed by atoms with Crippen LogP contribution in [0.2, 0.25) is 0 Å². The molecule has 0 unspecified atom stereocenters. The molecule has 2 nitrogen and oxygen atoms in total. The lowest BCUT2D eigenvalue weighted by molar-refractivity contribution is 0.609. The van der Waals surface area contributed by atoms with E-state index in [4.69, 9.17) is 0 Å². The Morgan fingerprint density at radius 2 is 1.67 bits per heavy atom. The molecule has 0 atom stereocenters. The second-order valence-electron chi connectivity index (χ2n) is 3.07. The fourth-order valence-electron chi connectivity index (χ4n) is 1.26. The third-order valence-corrected chi connectivity index (χ3v) is 2.04. The fourth-order valence-corrected chi connectivity index (χ4v) is 1.26. The lowest BCUT2D eigenvalue weighted by atomic mass is 10.1. The molecule has 1 aromatic heterocycles. The van der Waals surface area contributed by atoms with Crippen LogP contribution in [0.25, 0.3) is 11.1 Å². The number of benzene rings is 1. The molecular weight excluding hydrogens is 200 g/mol. The summed E-state index contributed by atoms with van der Waals surface area (Å²) in [5, 5.41) is 0. The molecule has 2 rings (SSSR count). The van der Waals surface area contributed by atoms with Gasteiger partial charge in [-0.05, 0) is 23.8 Å². The van der Waals surface area contributed by atoms with E-state index >= 15 is 0 Å². The Hall–Kier alpha value is -1.97. The highest BCUT2D eigenvalue weighted by Crippen LogP contribution is 2.17. The van der Waals surface area contributed by atoms with E-state index in [9.17, 15) is 13.6 Å². The van der Waals surface area contributed by atoms with Crippen molar-refractivity contribution in [2.75, 3.05) is 0 Å². The third kappa shape index (κ3) is 1.93. The molecule has 0 bridgehead atoms. The van der Waals surface area contributed by atoms with Gasteiger partial charge in [0.15, 0.2) is 5.82 Å². The van der Waals surface area contributed by atoms with Crippen molar-refractivity contribution in [1.82, 2.24) is 4.98 Å². The van der Waals surface area contributed by atoms with Crippen molar-refractivity contribution in [2.24, 2.45) is 0 Å². The van der Waals surface area contributed by atoms with E-state index in [-0.39, 0.29) is 5.82 Å². The number of pyridine rings is 1. The Morgan fingerprint density at radius 3 is 2.27 bits per heavy atom. The average Bonchev–Trinajstić information content (AvgIpc) is 2.23. The van der Waals surface area contributed by atoms with Gasteiger partial charge in [-0.1, -0.05) is 12.1 Å². The van der Waals surface area contributed by atoms with E-state index in [1.165, 1.54) is 30.5 Å². The van der Waals surface area contributed by atoms with Gasteiger partial charge in [-0.25, -0.2) is 8.78 Å². The predicted molar refractivity (Wildman–Crippen MR) is 52.4 cm³/mol. The highest BCUT2D eigenvalue weighted by Gasteiger charge is 2.02. The molecule has 1 heterocycles. The normalized spacial score (nSPS) is 10.3. The molecule has 1 aromatic carbocycles. The van der Waals surface area contributed by atoms with Crippen LogP contribution in [0.15, 0.2) is 41.3 Å². The zero-order valence-corrected chi connectivity index (χ0v) is 7.63. The largest absolute Gasteiger partial charge is 0.326 e. The zero-order valence-electron chi connectivity index (χ0n) is 7.63. The molecule has 0 saturated carbocycles. The number of H-pyrrole nitrogens is 1. The van der Waals surface area contributed by atoms with Gasteiger partial charge in [-0.15, -0.1) is 0 Å². The van der Waals surface area contributed by atoms with Gasteiger partial charge in [0.2, 0.25) is 0 Å². The molecule has 76 valence electrons. The van der Waals surface area contributed by atoms with E-state index < -0.39 is 11.4 Å². The zero-order chi connectivity index (χ0) is 10.8. The summed E-state index contributed by atoms with van der Waals surface area (Å²) in [6, 6.07) is 6.70. The van der Waals surface area contributed by atoms with Crippen LogP contribution < -0.4 is 5.56 Å². The molecule has 0 aliphatic heterocycles. The van der Waals surface area contributed by atoms with Crippen LogP contribution >= 0.6 is 0 Å². The summed E-state index contributed by atoms with van der Waals surface area (Å²) in [4.78, 5) is 13.0. The first-order valence-electron chi connectivity index (χ1n) is 4.31. The first kappa shape index (κ1) is 9.58. The van der Waals surface area contributed by atoms with E-state index in [2.05, 4.69) is 4.98 Å². The molecule has 0 spiro atoms. The topological polar surface area (TPSA) is 32.9 Å². The molecule has 0 radical (unpaired) electrons. The van der Waals surface area contributed by atoms with Gasteiger partial charge < -0.3 is 4.98 Å². The van der Waals surface area contributed by atoms with Crippen molar-refractivity contribution in [2.45, 2.75) is 0 Å². The van der Waals surface area contributed by atoms with Gasteiger partial charge >= 0.3 is 0 Å². The van der Waals surface area contributed by atoms with Crippen LogP contribution in [0, 0.1) is 11.6 Å². The SMILES string of the molecule is O=c1[nH]cc(-c2ccc(F)cc2)cc1F. The summed E-state index contributed by atoms with van der Waals surface area (Å²) in [6.07, 6.45) is 1.39. The maximum Gasteiger partial charge on any atom is 0.283 e. The number of aromatic amines is 1. The van der Waals surface area contributed by atoms with Crippen LogP contribution in [-0.4, -0.2) is 4.98 Å². The molecule has 0 aliphatic rings. The van der Waals surface area contributed by atoms with Crippen LogP contribution in [0.5, 0.6) is 0 Å². The Balaban J connectivity index is 2.50. The highest BCUT2D eigenvalue weighted by molar-refractivity contribution is 5.61. The highest BCUT2D eigenvalue weighted by atomic mass is 19.1. The van der Waals surface area contributed by atoms with Crippen LogP contribution in [0.4, 0.5) is 8.78 Å². The van der Waals surface area contributed by atoms with Crippen molar-refractivity contribution in [3.05, 3.63) is 58.5 Å². The summed E-state index contributed by atoms with van der Waals surface area (Å²) in [7, 11) is 0. The second-order valence-corrected chi connectivity index (χ2v) is 3.07. The van der Waals surface area contributed by atoms with Crippen molar-refractivity contribution >= 4 is 0 Å². The average molecular weight is 207 g/mol. The molecule has 15 heavy (non-hydrogen) atoms. The molecule has 1 N–H and O–H groups in total. The van der Waals surface area contributed by atoms with Crippen molar-refractivity contribution in [1.29, 1.82) is 0 Å². The lowest BCUT2D eigenvalue weighted by Gasteiger charge is -2.00. The summed E-state index contributed by atoms with van der Waals surface area (Å²) < 4.78 is 25.5. The Labute approximate surface area is 84.2 Å². The second kappa shape index (κ2) is 3.65. The van der Waals surface area contributed by atoms with Crippen molar-refractivity contribution in [3.8, 4) is 11.1 Å². The van der Waals surface area contributed by atoms with Gasteiger partial charge in [0.05, 0.1) is 0 Å². The molecule has 4 heteroatoms. The van der Waals surface area contributed by atoms with E-state index in [1.807, 2.05) is 0 Å². The number of halogens is 2. The summed E-state index contributed by atoms with van der Waals surface area (Å²) in [5.41, 5.74) is 0.388. The van der Waals surface area contributed by atoms with Gasteiger partial charge in [-0.2, -0.15) is 0 Å². The van der Waals surface area contributed by atoms with E-state index in [0.29, 0.717) is 11.1 Å². The minimum atomic E-state index is -0.850. The van der Waals surface area contributed by atoms with E-state index in [0.717, 1.165) is 6.07 Å².